The third-order valence-electron chi connectivity index (χ3n) is 3.46. The Morgan fingerprint density at radius 3 is 2.71 bits per heavy atom. The molecule has 1 aliphatic carbocycles. The zero-order valence-electron chi connectivity index (χ0n) is 11.2. The van der Waals surface area contributed by atoms with E-state index in [9.17, 15) is 9.59 Å². The first-order valence-corrected chi connectivity index (χ1v) is 7.53. The van der Waals surface area contributed by atoms with E-state index in [1.807, 2.05) is 35.7 Å². The zero-order chi connectivity index (χ0) is 14.8. The Morgan fingerprint density at radius 1 is 1.29 bits per heavy atom. The second kappa shape index (κ2) is 5.65. The van der Waals surface area contributed by atoms with Crippen LogP contribution in [0.4, 0.5) is 0 Å². The normalized spacial score (nSPS) is 20.0. The van der Waals surface area contributed by atoms with Crippen molar-refractivity contribution in [3.63, 3.8) is 0 Å². The molecule has 2 N–H and O–H groups in total. The number of nitrogens with one attached hydrogen (secondary N) is 1. The third-order valence-corrected chi connectivity index (χ3v) is 4.40. The van der Waals surface area contributed by atoms with Gasteiger partial charge in [-0.15, -0.1) is 11.3 Å². The number of rotatable bonds is 5. The maximum Gasteiger partial charge on any atom is 0.307 e. The van der Waals surface area contributed by atoms with Crippen molar-refractivity contribution in [1.29, 1.82) is 0 Å². The number of hydrogen-bond acceptors (Lipinski definition) is 4. The Kier molecular flexibility index (Phi) is 3.70. The second-order valence-electron chi connectivity index (χ2n) is 5.01. The molecule has 3 rings (SSSR count). The molecule has 1 aromatic heterocycles. The number of thiazole rings is 1. The summed E-state index contributed by atoms with van der Waals surface area (Å²) in [4.78, 5) is 27.0. The van der Waals surface area contributed by atoms with Gasteiger partial charge in [0.25, 0.3) is 0 Å². The molecular weight excluding hydrogens is 288 g/mol. The fourth-order valence-corrected chi connectivity index (χ4v) is 2.99. The molecule has 0 spiro atoms. The summed E-state index contributed by atoms with van der Waals surface area (Å²) in [5, 5.41) is 14.4. The molecule has 21 heavy (non-hydrogen) atoms. The van der Waals surface area contributed by atoms with Crippen LogP contribution in [0.15, 0.2) is 35.7 Å². The van der Waals surface area contributed by atoms with Crippen molar-refractivity contribution in [3.8, 4) is 10.6 Å². The number of carboxylic acids is 1. The summed E-state index contributed by atoms with van der Waals surface area (Å²) in [6, 6.07) is 9.84. The fraction of sp³-hybridized carbons (Fsp3) is 0.267. The molecule has 2 atom stereocenters. The molecular formula is C15H14N2O3S. The average molecular weight is 302 g/mol. The van der Waals surface area contributed by atoms with Crippen LogP contribution in [0.5, 0.6) is 0 Å². The Bertz CT molecular complexity index is 669. The van der Waals surface area contributed by atoms with Gasteiger partial charge in [-0.1, -0.05) is 30.3 Å². The topological polar surface area (TPSA) is 79.3 Å². The lowest BCUT2D eigenvalue weighted by Gasteiger charge is -2.01. The van der Waals surface area contributed by atoms with Gasteiger partial charge in [-0.2, -0.15) is 0 Å². The number of aliphatic carboxylic acids is 1. The number of hydrogen-bond donors (Lipinski definition) is 2. The maximum absolute atomic E-state index is 11.8. The second-order valence-corrected chi connectivity index (χ2v) is 5.87. The lowest BCUT2D eigenvalue weighted by atomic mass is 10.2. The highest BCUT2D eigenvalue weighted by atomic mass is 32.1. The number of carboxylic acid groups (broad SMARTS) is 1. The highest BCUT2D eigenvalue weighted by molar-refractivity contribution is 7.13. The summed E-state index contributed by atoms with van der Waals surface area (Å²) in [6.07, 6.45) is 0.438. The van der Waals surface area contributed by atoms with Gasteiger partial charge in [0.2, 0.25) is 5.91 Å². The Labute approximate surface area is 125 Å². The first kappa shape index (κ1) is 13.8. The van der Waals surface area contributed by atoms with Gasteiger partial charge in [0.05, 0.1) is 24.1 Å². The fourth-order valence-electron chi connectivity index (χ4n) is 2.17. The predicted molar refractivity (Wildman–Crippen MR) is 78.6 cm³/mol. The highest BCUT2D eigenvalue weighted by Crippen LogP contribution is 2.38. The van der Waals surface area contributed by atoms with Crippen LogP contribution in [0.25, 0.3) is 10.6 Å². The molecule has 1 aliphatic rings. The van der Waals surface area contributed by atoms with E-state index >= 15 is 0 Å². The van der Waals surface area contributed by atoms with Gasteiger partial charge in [-0.3, -0.25) is 9.59 Å². The Morgan fingerprint density at radius 2 is 2.05 bits per heavy atom. The molecule has 1 fully saturated rings. The molecule has 1 saturated carbocycles. The van der Waals surface area contributed by atoms with E-state index < -0.39 is 11.9 Å². The van der Waals surface area contributed by atoms with Crippen molar-refractivity contribution in [1.82, 2.24) is 10.3 Å². The molecule has 0 saturated heterocycles. The van der Waals surface area contributed by atoms with Crippen LogP contribution in [0.3, 0.4) is 0 Å². The average Bonchev–Trinajstić information content (AvgIpc) is 3.17. The molecule has 0 aliphatic heterocycles. The van der Waals surface area contributed by atoms with Crippen LogP contribution >= 0.6 is 11.3 Å². The molecule has 1 aromatic carbocycles. The number of benzene rings is 1. The van der Waals surface area contributed by atoms with Gasteiger partial charge in [-0.05, 0) is 6.42 Å². The quantitative estimate of drug-likeness (QED) is 0.887. The van der Waals surface area contributed by atoms with Gasteiger partial charge in [0, 0.05) is 10.9 Å². The van der Waals surface area contributed by atoms with E-state index in [-0.39, 0.29) is 11.8 Å². The van der Waals surface area contributed by atoms with Crippen LogP contribution in [0, 0.1) is 11.8 Å². The van der Waals surface area contributed by atoms with E-state index in [0.29, 0.717) is 13.0 Å². The monoisotopic (exact) mass is 302 g/mol. The smallest absolute Gasteiger partial charge is 0.307 e. The minimum Gasteiger partial charge on any atom is -0.481 e. The molecule has 108 valence electrons. The number of nitrogens with zero attached hydrogens (tertiary/aromatic N) is 1. The summed E-state index contributed by atoms with van der Waals surface area (Å²) in [5.41, 5.74) is 1.84. The Hall–Kier alpha value is -2.21. The SMILES string of the molecule is O=C(O)[C@H]1C[C@@H]1C(=O)NCc1csc(-c2ccccc2)n1. The standard InChI is InChI=1S/C15H14N2O3S/c18-13(11-6-12(11)15(19)20)16-7-10-8-21-14(17-10)9-4-2-1-3-5-9/h1-5,8,11-12H,6-7H2,(H,16,18)(H,19,20)/t11-,12-/m0/s1. The summed E-state index contributed by atoms with van der Waals surface area (Å²) >= 11 is 1.53. The summed E-state index contributed by atoms with van der Waals surface area (Å²) < 4.78 is 0. The predicted octanol–water partition coefficient (Wildman–Crippen LogP) is 2.15. The van der Waals surface area contributed by atoms with Crippen molar-refractivity contribution in [2.75, 3.05) is 0 Å². The lowest BCUT2D eigenvalue weighted by Crippen LogP contribution is -2.26. The molecule has 1 heterocycles. The van der Waals surface area contributed by atoms with Gasteiger partial charge >= 0.3 is 5.97 Å². The van der Waals surface area contributed by atoms with Crippen LogP contribution < -0.4 is 5.32 Å². The van der Waals surface area contributed by atoms with E-state index in [1.165, 1.54) is 11.3 Å². The molecule has 6 heteroatoms. The summed E-state index contributed by atoms with van der Waals surface area (Å²) in [6.45, 7) is 0.338. The molecule has 2 aromatic rings. The summed E-state index contributed by atoms with van der Waals surface area (Å²) in [7, 11) is 0. The maximum atomic E-state index is 11.8. The molecule has 1 amide bonds. The van der Waals surface area contributed by atoms with Crippen LogP contribution in [-0.2, 0) is 16.1 Å². The largest absolute Gasteiger partial charge is 0.481 e. The number of amides is 1. The van der Waals surface area contributed by atoms with Crippen molar-refractivity contribution >= 4 is 23.2 Å². The number of carbonyl (C=O) groups excluding carboxylic acids is 1. The van der Waals surface area contributed by atoms with Gasteiger partial charge in [0.1, 0.15) is 5.01 Å². The number of carbonyl (C=O) groups is 2. The van der Waals surface area contributed by atoms with Crippen LogP contribution in [-0.4, -0.2) is 22.0 Å². The van der Waals surface area contributed by atoms with Crippen molar-refractivity contribution in [3.05, 3.63) is 41.4 Å². The van der Waals surface area contributed by atoms with E-state index in [4.69, 9.17) is 5.11 Å². The highest BCUT2D eigenvalue weighted by Gasteiger charge is 2.48. The lowest BCUT2D eigenvalue weighted by molar-refractivity contribution is -0.140. The first-order chi connectivity index (χ1) is 10.1. The van der Waals surface area contributed by atoms with Crippen molar-refractivity contribution in [2.45, 2.75) is 13.0 Å². The van der Waals surface area contributed by atoms with E-state index in [0.717, 1.165) is 16.3 Å². The van der Waals surface area contributed by atoms with E-state index in [2.05, 4.69) is 10.3 Å². The first-order valence-electron chi connectivity index (χ1n) is 6.65. The number of aromatic nitrogens is 1. The Balaban J connectivity index is 1.56. The van der Waals surface area contributed by atoms with Crippen molar-refractivity contribution < 1.29 is 14.7 Å². The van der Waals surface area contributed by atoms with Crippen LogP contribution in [0.1, 0.15) is 12.1 Å². The summed E-state index contributed by atoms with van der Waals surface area (Å²) in [5.74, 6) is -1.98. The third kappa shape index (κ3) is 3.11. The van der Waals surface area contributed by atoms with Crippen LogP contribution in [0.2, 0.25) is 0 Å². The molecule has 5 nitrogen and oxygen atoms in total. The molecule has 0 bridgehead atoms. The van der Waals surface area contributed by atoms with Gasteiger partial charge in [-0.25, -0.2) is 4.98 Å². The molecule has 0 radical (unpaired) electrons. The zero-order valence-corrected chi connectivity index (χ0v) is 12.0. The minimum atomic E-state index is -0.893. The van der Waals surface area contributed by atoms with Crippen molar-refractivity contribution in [2.24, 2.45) is 11.8 Å². The van der Waals surface area contributed by atoms with Gasteiger partial charge in [0.15, 0.2) is 0 Å². The minimum absolute atomic E-state index is 0.198. The molecule has 0 unspecified atom stereocenters. The van der Waals surface area contributed by atoms with Gasteiger partial charge < -0.3 is 10.4 Å². The van der Waals surface area contributed by atoms with E-state index in [1.54, 1.807) is 0 Å².